The van der Waals surface area contributed by atoms with Gasteiger partial charge in [0.15, 0.2) is 0 Å². The molecular weight excluding hydrogens is 482 g/mol. The van der Waals surface area contributed by atoms with Gasteiger partial charge in [0.1, 0.15) is 12.3 Å². The minimum atomic E-state index is -4.99. The Kier molecular flexibility index (Phi) is 7.17. The summed E-state index contributed by atoms with van der Waals surface area (Å²) >= 11 is 0. The monoisotopic (exact) mass is 500 g/mol. The Hall–Kier alpha value is -3.90. The number of alkyl halides is 6. The average Bonchev–Trinajstić information content (AvgIpc) is 2.75. The smallest absolute Gasteiger partial charge is 0.406 e. The maximum Gasteiger partial charge on any atom is 0.573 e. The summed E-state index contributed by atoms with van der Waals surface area (Å²) in [6, 6.07) is 8.16. The van der Waals surface area contributed by atoms with E-state index in [0.717, 1.165) is 12.1 Å². The van der Waals surface area contributed by atoms with Gasteiger partial charge < -0.3 is 25.8 Å². The summed E-state index contributed by atoms with van der Waals surface area (Å²) in [6.07, 6.45) is -8.53. The maximum absolute atomic E-state index is 13.4. The first-order valence-electron chi connectivity index (χ1n) is 9.99. The number of nitrogens with one attached hydrogen (secondary N) is 3. The summed E-state index contributed by atoms with van der Waals surface area (Å²) < 4.78 is 81.6. The van der Waals surface area contributed by atoms with Crippen LogP contribution in [0.5, 0.6) is 5.75 Å². The summed E-state index contributed by atoms with van der Waals surface area (Å²) in [5, 5.41) is 17.5. The van der Waals surface area contributed by atoms with Gasteiger partial charge in [0.2, 0.25) is 5.91 Å². The highest BCUT2D eigenvalue weighted by molar-refractivity contribution is 6.05. The van der Waals surface area contributed by atoms with Crippen LogP contribution in [0.1, 0.15) is 21.8 Å². The molecule has 0 saturated heterocycles. The number of rotatable bonds is 7. The molecule has 1 heterocycles. The lowest BCUT2D eigenvalue weighted by molar-refractivity contribution is -0.274. The number of hydrogen-bond acceptors (Lipinski definition) is 5. The van der Waals surface area contributed by atoms with E-state index in [-0.39, 0.29) is 16.8 Å². The molecule has 0 spiro atoms. The number of carbonyl (C=O) groups excluding carboxylic acids is 2. The predicted molar refractivity (Wildman–Crippen MR) is 113 cm³/mol. The van der Waals surface area contributed by atoms with Crippen molar-refractivity contribution in [3.8, 4) is 5.75 Å². The molecule has 3 rings (SSSR count). The number of hydrogen-bond donors (Lipinski definition) is 3. The molecule has 35 heavy (non-hydrogen) atoms. The highest BCUT2D eigenvalue weighted by atomic mass is 19.4. The number of amides is 2. The van der Waals surface area contributed by atoms with Crippen molar-refractivity contribution in [3.05, 3.63) is 59.7 Å². The van der Waals surface area contributed by atoms with Gasteiger partial charge in [-0.05, 0) is 23.8 Å². The number of benzene rings is 2. The molecule has 0 unspecified atom stereocenters. The molecule has 0 saturated carbocycles. The Labute approximate surface area is 194 Å². The van der Waals surface area contributed by atoms with Gasteiger partial charge in [0.25, 0.3) is 5.91 Å². The topological polar surface area (TPSA) is 106 Å². The number of anilines is 1. The first kappa shape index (κ1) is 25.7. The SMILES string of the molecule is N=CC(C=N)[C@@H]1[C@@H](C(=O)Nc2cccc(OC(F)(F)F)c2)c2ccccc2C(=O)N1CC(F)(F)F. The third kappa shape index (κ3) is 5.97. The molecule has 186 valence electrons. The number of ether oxygens (including phenoxy) is 1. The van der Waals surface area contributed by atoms with E-state index in [0.29, 0.717) is 17.3 Å². The van der Waals surface area contributed by atoms with Crippen LogP contribution in [0.4, 0.5) is 32.0 Å². The summed E-state index contributed by atoms with van der Waals surface area (Å²) in [7, 11) is 0. The van der Waals surface area contributed by atoms with Crippen LogP contribution < -0.4 is 10.1 Å². The lowest BCUT2D eigenvalue weighted by Crippen LogP contribution is -2.57. The number of halogens is 6. The zero-order chi connectivity index (χ0) is 26.0. The predicted octanol–water partition coefficient (Wildman–Crippen LogP) is 4.61. The van der Waals surface area contributed by atoms with E-state index < -0.39 is 54.5 Å². The largest absolute Gasteiger partial charge is 0.573 e. The first-order valence-corrected chi connectivity index (χ1v) is 9.99. The standard InChI is InChI=1S/C22H18F6N4O3/c23-21(24,25)11-32-18(12(9-29)10-30)17(15-6-1-2-7-16(15)20(32)34)19(33)31-13-4-3-5-14(8-13)35-22(26,27)28/h1-10,12,17-18,29-30H,11H2,(H,31,33)/t12?,17-,18+/m0/s1. The number of fused-ring (bicyclic) bond motifs is 1. The zero-order valence-corrected chi connectivity index (χ0v) is 17.7. The van der Waals surface area contributed by atoms with Crippen molar-refractivity contribution < 1.29 is 40.7 Å². The second-order valence-electron chi connectivity index (χ2n) is 7.58. The molecule has 2 atom stereocenters. The minimum Gasteiger partial charge on any atom is -0.406 e. The molecule has 3 N–H and O–H groups in total. The molecule has 1 aliphatic rings. The van der Waals surface area contributed by atoms with Crippen LogP contribution >= 0.6 is 0 Å². The molecule has 7 nitrogen and oxygen atoms in total. The number of carbonyl (C=O) groups is 2. The molecule has 2 amide bonds. The van der Waals surface area contributed by atoms with Crippen molar-refractivity contribution in [2.24, 2.45) is 5.92 Å². The highest BCUT2D eigenvalue weighted by Gasteiger charge is 2.49. The molecule has 0 radical (unpaired) electrons. The fourth-order valence-corrected chi connectivity index (χ4v) is 3.95. The average molecular weight is 500 g/mol. The van der Waals surface area contributed by atoms with Crippen molar-refractivity contribution >= 4 is 29.9 Å². The van der Waals surface area contributed by atoms with Crippen LogP contribution in [0.15, 0.2) is 48.5 Å². The van der Waals surface area contributed by atoms with Gasteiger partial charge in [-0.15, -0.1) is 13.2 Å². The van der Waals surface area contributed by atoms with Crippen LogP contribution in [-0.2, 0) is 4.79 Å². The summed E-state index contributed by atoms with van der Waals surface area (Å²) in [5.41, 5.74) is -0.251. The van der Waals surface area contributed by atoms with E-state index in [1.54, 1.807) is 0 Å². The second kappa shape index (κ2) is 9.76. The second-order valence-corrected chi connectivity index (χ2v) is 7.58. The fraction of sp³-hybridized carbons (Fsp3) is 0.273. The molecular formula is C22H18F6N4O3. The van der Waals surface area contributed by atoms with Crippen LogP contribution in [0.2, 0.25) is 0 Å². The van der Waals surface area contributed by atoms with E-state index in [2.05, 4.69) is 10.1 Å². The molecule has 0 aliphatic carbocycles. The minimum absolute atomic E-state index is 0.0646. The summed E-state index contributed by atoms with van der Waals surface area (Å²) in [6.45, 7) is -1.73. The quantitative estimate of drug-likeness (QED) is 0.382. The van der Waals surface area contributed by atoms with Crippen LogP contribution in [0.25, 0.3) is 0 Å². The van der Waals surface area contributed by atoms with Crippen LogP contribution in [0, 0.1) is 16.7 Å². The Bertz CT molecular complexity index is 1130. The highest BCUT2D eigenvalue weighted by Crippen LogP contribution is 2.39. The van der Waals surface area contributed by atoms with E-state index in [4.69, 9.17) is 10.8 Å². The summed E-state index contributed by atoms with van der Waals surface area (Å²) in [4.78, 5) is 26.7. The molecule has 0 fully saturated rings. The van der Waals surface area contributed by atoms with Gasteiger partial charge in [-0.2, -0.15) is 13.2 Å². The summed E-state index contributed by atoms with van der Waals surface area (Å²) in [5.74, 6) is -5.44. The van der Waals surface area contributed by atoms with Crippen molar-refractivity contribution in [2.45, 2.75) is 24.5 Å². The Balaban J connectivity index is 2.07. The molecule has 13 heteroatoms. The van der Waals surface area contributed by atoms with E-state index in [1.165, 1.54) is 36.4 Å². The van der Waals surface area contributed by atoms with Gasteiger partial charge in [0, 0.05) is 35.7 Å². The van der Waals surface area contributed by atoms with Crippen molar-refractivity contribution in [1.82, 2.24) is 4.90 Å². The maximum atomic E-state index is 13.4. The van der Waals surface area contributed by atoms with Crippen molar-refractivity contribution in [2.75, 3.05) is 11.9 Å². The van der Waals surface area contributed by atoms with Gasteiger partial charge in [0.05, 0.1) is 12.0 Å². The lowest BCUT2D eigenvalue weighted by Gasteiger charge is -2.43. The van der Waals surface area contributed by atoms with Gasteiger partial charge in [-0.3, -0.25) is 9.59 Å². The normalized spacial score (nSPS) is 18.9. The Morgan fingerprint density at radius 2 is 1.71 bits per heavy atom. The number of nitrogens with zero attached hydrogens (tertiary/aromatic N) is 1. The molecule has 1 aliphatic heterocycles. The van der Waals surface area contributed by atoms with Crippen LogP contribution in [-0.4, -0.2) is 54.3 Å². The van der Waals surface area contributed by atoms with Gasteiger partial charge >= 0.3 is 12.5 Å². The van der Waals surface area contributed by atoms with Crippen molar-refractivity contribution in [3.63, 3.8) is 0 Å². The van der Waals surface area contributed by atoms with Gasteiger partial charge in [-0.25, -0.2) is 0 Å². The Morgan fingerprint density at radius 1 is 1.06 bits per heavy atom. The molecule has 2 aromatic carbocycles. The zero-order valence-electron chi connectivity index (χ0n) is 17.7. The molecule has 0 aromatic heterocycles. The molecule has 0 bridgehead atoms. The third-order valence-electron chi connectivity index (χ3n) is 5.24. The van der Waals surface area contributed by atoms with E-state index in [9.17, 15) is 35.9 Å². The van der Waals surface area contributed by atoms with Gasteiger partial charge in [-0.1, -0.05) is 24.3 Å². The molecule has 2 aromatic rings. The van der Waals surface area contributed by atoms with Crippen molar-refractivity contribution in [1.29, 1.82) is 10.8 Å². The third-order valence-corrected chi connectivity index (χ3v) is 5.24. The fourth-order valence-electron chi connectivity index (χ4n) is 3.95. The van der Waals surface area contributed by atoms with E-state index in [1.807, 2.05) is 0 Å². The van der Waals surface area contributed by atoms with Crippen LogP contribution in [0.3, 0.4) is 0 Å². The Morgan fingerprint density at radius 3 is 2.31 bits per heavy atom. The first-order chi connectivity index (χ1) is 16.3. The van der Waals surface area contributed by atoms with E-state index >= 15 is 0 Å². The lowest BCUT2D eigenvalue weighted by atomic mass is 9.77.